The first kappa shape index (κ1) is 13.3. The molecule has 0 amide bonds. The van der Waals surface area contributed by atoms with Crippen molar-refractivity contribution in [2.24, 2.45) is 0 Å². The molecule has 21 heavy (non-hydrogen) atoms. The van der Waals surface area contributed by atoms with Gasteiger partial charge in [0.1, 0.15) is 17.8 Å². The van der Waals surface area contributed by atoms with E-state index in [2.05, 4.69) is 30.6 Å². The number of nitrogens with two attached hydrogens (primary N) is 1. The van der Waals surface area contributed by atoms with Gasteiger partial charge >= 0.3 is 0 Å². The van der Waals surface area contributed by atoms with E-state index in [0.717, 1.165) is 10.7 Å². The molecule has 3 aromatic heterocycles. The van der Waals surface area contributed by atoms with Crippen molar-refractivity contribution in [1.82, 2.24) is 19.9 Å². The van der Waals surface area contributed by atoms with Crippen LogP contribution in [0.2, 0.25) is 0 Å². The zero-order valence-corrected chi connectivity index (χ0v) is 12.1. The summed E-state index contributed by atoms with van der Waals surface area (Å²) in [6.45, 7) is 1.98. The fraction of sp³-hybridized carbons (Fsp3) is 0.0769. The highest BCUT2D eigenvalue weighted by molar-refractivity contribution is 7.13. The van der Waals surface area contributed by atoms with Crippen LogP contribution < -0.4 is 16.4 Å². The molecule has 0 aliphatic heterocycles. The van der Waals surface area contributed by atoms with Gasteiger partial charge in [0, 0.05) is 17.8 Å². The second kappa shape index (κ2) is 5.71. The Hall–Kier alpha value is -2.74. The number of nitrogens with zero attached hydrogens (tertiary/aromatic N) is 4. The largest absolute Gasteiger partial charge is 0.393 e. The number of thiazole rings is 1. The van der Waals surface area contributed by atoms with Crippen molar-refractivity contribution in [2.45, 2.75) is 6.92 Å². The molecule has 0 atom stereocenters. The van der Waals surface area contributed by atoms with Crippen LogP contribution in [0.3, 0.4) is 0 Å². The maximum atomic E-state index is 6.08. The molecule has 8 heteroatoms. The summed E-state index contributed by atoms with van der Waals surface area (Å²) >= 11 is 1.47. The molecule has 0 saturated carbocycles. The average molecular weight is 299 g/mol. The molecule has 7 nitrogen and oxygen atoms in total. The Morgan fingerprint density at radius 2 is 1.86 bits per heavy atom. The van der Waals surface area contributed by atoms with Gasteiger partial charge in [0.25, 0.3) is 0 Å². The summed E-state index contributed by atoms with van der Waals surface area (Å²) in [5.74, 6) is 1.68. The van der Waals surface area contributed by atoms with E-state index in [9.17, 15) is 0 Å². The predicted octanol–water partition coefficient (Wildman–Crippen LogP) is 2.71. The lowest BCUT2D eigenvalue weighted by atomic mass is 10.3. The summed E-state index contributed by atoms with van der Waals surface area (Å²) in [4.78, 5) is 16.7. The molecular weight excluding hydrogens is 286 g/mol. The van der Waals surface area contributed by atoms with E-state index in [1.807, 2.05) is 24.4 Å². The standard InChI is InChI=1S/C13H13N7S/c1-8-2-3-9(16-6-8)19-11-10(14)12(18-7-17-11)20-13-15-4-5-21-13/h2-7H,14H2,1H3,(H2,15,16,17,18,19,20). The minimum absolute atomic E-state index is 0.412. The molecule has 0 unspecified atom stereocenters. The number of aryl methyl sites for hydroxylation is 1. The van der Waals surface area contributed by atoms with Crippen LogP contribution in [0.5, 0.6) is 0 Å². The van der Waals surface area contributed by atoms with Crippen molar-refractivity contribution in [3.63, 3.8) is 0 Å². The smallest absolute Gasteiger partial charge is 0.188 e. The van der Waals surface area contributed by atoms with E-state index in [0.29, 0.717) is 23.1 Å². The Kier molecular flexibility index (Phi) is 3.61. The lowest BCUT2D eigenvalue weighted by Gasteiger charge is -2.10. The molecule has 0 fully saturated rings. The maximum Gasteiger partial charge on any atom is 0.188 e. The molecule has 0 bridgehead atoms. The predicted molar refractivity (Wildman–Crippen MR) is 84.1 cm³/mol. The Balaban J connectivity index is 1.84. The van der Waals surface area contributed by atoms with Crippen LogP contribution in [0.25, 0.3) is 0 Å². The highest BCUT2D eigenvalue weighted by Gasteiger charge is 2.09. The van der Waals surface area contributed by atoms with Gasteiger partial charge in [0.2, 0.25) is 0 Å². The molecule has 106 valence electrons. The second-order valence-corrected chi connectivity index (χ2v) is 5.19. The van der Waals surface area contributed by atoms with Crippen LogP contribution in [0.4, 0.5) is 28.3 Å². The van der Waals surface area contributed by atoms with Crippen LogP contribution in [-0.2, 0) is 0 Å². The number of nitrogens with one attached hydrogen (secondary N) is 2. The number of nitrogen functional groups attached to an aromatic ring is 1. The normalized spacial score (nSPS) is 10.3. The van der Waals surface area contributed by atoms with Crippen molar-refractivity contribution in [3.8, 4) is 0 Å². The van der Waals surface area contributed by atoms with Crippen molar-refractivity contribution < 1.29 is 0 Å². The Bertz CT molecular complexity index is 725. The van der Waals surface area contributed by atoms with Crippen molar-refractivity contribution in [2.75, 3.05) is 16.4 Å². The van der Waals surface area contributed by atoms with Crippen molar-refractivity contribution in [3.05, 3.63) is 41.8 Å². The van der Waals surface area contributed by atoms with E-state index in [1.54, 1.807) is 12.4 Å². The number of rotatable bonds is 4. The number of anilines is 5. The summed E-state index contributed by atoms with van der Waals surface area (Å²) in [5, 5.41) is 8.73. The van der Waals surface area contributed by atoms with Gasteiger partial charge in [0.05, 0.1) is 0 Å². The molecule has 3 heterocycles. The Morgan fingerprint density at radius 3 is 2.52 bits per heavy atom. The van der Waals surface area contributed by atoms with Gasteiger partial charge in [-0.3, -0.25) is 0 Å². The number of pyridine rings is 1. The fourth-order valence-corrected chi connectivity index (χ4v) is 2.17. The van der Waals surface area contributed by atoms with Crippen molar-refractivity contribution in [1.29, 1.82) is 0 Å². The summed E-state index contributed by atoms with van der Waals surface area (Å²) in [6.07, 6.45) is 4.91. The molecule has 3 rings (SSSR count). The van der Waals surface area contributed by atoms with E-state index < -0.39 is 0 Å². The molecule has 0 radical (unpaired) electrons. The Morgan fingerprint density at radius 1 is 1.05 bits per heavy atom. The molecule has 0 spiro atoms. The first-order valence-electron chi connectivity index (χ1n) is 6.19. The van der Waals surface area contributed by atoms with Crippen molar-refractivity contribution >= 4 is 39.6 Å². The molecular formula is C13H13N7S. The molecule has 3 aromatic rings. The lowest BCUT2D eigenvalue weighted by molar-refractivity contribution is 1.16. The third kappa shape index (κ3) is 3.06. The third-order valence-corrected chi connectivity index (χ3v) is 3.39. The molecule has 0 aliphatic carbocycles. The van der Waals surface area contributed by atoms with Crippen LogP contribution in [0, 0.1) is 6.92 Å². The number of hydrogen-bond acceptors (Lipinski definition) is 8. The lowest BCUT2D eigenvalue weighted by Crippen LogP contribution is -2.05. The minimum Gasteiger partial charge on any atom is -0.393 e. The highest BCUT2D eigenvalue weighted by atomic mass is 32.1. The summed E-state index contributed by atoms with van der Waals surface area (Å²) < 4.78 is 0. The molecule has 0 saturated heterocycles. The first-order chi connectivity index (χ1) is 10.2. The summed E-state index contributed by atoms with van der Waals surface area (Å²) in [6, 6.07) is 3.83. The van der Waals surface area contributed by atoms with Crippen LogP contribution in [0.15, 0.2) is 36.2 Å². The fourth-order valence-electron chi connectivity index (χ4n) is 1.64. The maximum absolute atomic E-state index is 6.08. The summed E-state index contributed by atoms with van der Waals surface area (Å²) in [7, 11) is 0. The zero-order chi connectivity index (χ0) is 14.7. The Labute approximate surface area is 125 Å². The van der Waals surface area contributed by atoms with Crippen LogP contribution in [0.1, 0.15) is 5.56 Å². The first-order valence-corrected chi connectivity index (χ1v) is 7.07. The topological polar surface area (TPSA) is 102 Å². The quantitative estimate of drug-likeness (QED) is 0.680. The highest BCUT2D eigenvalue weighted by Crippen LogP contribution is 2.28. The van der Waals surface area contributed by atoms with E-state index in [1.165, 1.54) is 17.7 Å². The van der Waals surface area contributed by atoms with E-state index in [4.69, 9.17) is 5.73 Å². The third-order valence-electron chi connectivity index (χ3n) is 2.70. The van der Waals surface area contributed by atoms with Gasteiger partial charge in [-0.2, -0.15) is 0 Å². The molecule has 0 aromatic carbocycles. The number of aromatic nitrogens is 4. The van der Waals surface area contributed by atoms with Gasteiger partial charge in [-0.15, -0.1) is 11.3 Å². The summed E-state index contributed by atoms with van der Waals surface area (Å²) in [5.41, 5.74) is 7.57. The van der Waals surface area contributed by atoms with Crippen LogP contribution >= 0.6 is 11.3 Å². The van der Waals surface area contributed by atoms with Gasteiger partial charge in [-0.1, -0.05) is 6.07 Å². The zero-order valence-electron chi connectivity index (χ0n) is 11.2. The minimum atomic E-state index is 0.412. The van der Waals surface area contributed by atoms with E-state index in [-0.39, 0.29) is 0 Å². The second-order valence-electron chi connectivity index (χ2n) is 4.29. The van der Waals surface area contributed by atoms with Crippen LogP contribution in [-0.4, -0.2) is 19.9 Å². The molecule has 4 N–H and O–H groups in total. The average Bonchev–Trinajstić information content (AvgIpc) is 2.99. The van der Waals surface area contributed by atoms with Gasteiger partial charge in [-0.05, 0) is 18.6 Å². The molecule has 0 aliphatic rings. The van der Waals surface area contributed by atoms with E-state index >= 15 is 0 Å². The van der Waals surface area contributed by atoms with Gasteiger partial charge in [0.15, 0.2) is 16.8 Å². The number of hydrogen-bond donors (Lipinski definition) is 3. The van der Waals surface area contributed by atoms with Gasteiger partial charge in [-0.25, -0.2) is 19.9 Å². The SMILES string of the molecule is Cc1ccc(Nc2ncnc(Nc3nccs3)c2N)nc1. The monoisotopic (exact) mass is 299 g/mol. The van der Waals surface area contributed by atoms with Gasteiger partial charge < -0.3 is 16.4 Å².